The van der Waals surface area contributed by atoms with E-state index in [1.165, 1.54) is 12.1 Å². The Bertz CT molecular complexity index is 959. The Kier molecular flexibility index (Phi) is 4.96. The van der Waals surface area contributed by atoms with E-state index in [0.717, 1.165) is 5.56 Å². The van der Waals surface area contributed by atoms with Gasteiger partial charge in [-0.3, -0.25) is 4.79 Å². The van der Waals surface area contributed by atoms with Gasteiger partial charge in [0.15, 0.2) is 0 Å². The lowest BCUT2D eigenvalue weighted by Crippen LogP contribution is -2.48. The standard InChI is InChI=1S/C22H22FN3O2/c1-15-13-25(14-16(2)28-15)22(27)21-12-20(17-6-4-3-5-7-17)24-26(21)19-10-8-18(23)9-11-19/h3-12,15-16H,13-14H2,1-2H3/t15-,16-/m1/s1. The average molecular weight is 379 g/mol. The van der Waals surface area contributed by atoms with Crippen molar-refractivity contribution in [1.29, 1.82) is 0 Å². The van der Waals surface area contributed by atoms with Crippen LogP contribution in [0.1, 0.15) is 24.3 Å². The largest absolute Gasteiger partial charge is 0.372 e. The maximum atomic E-state index is 13.4. The van der Waals surface area contributed by atoms with Crippen LogP contribution in [0.4, 0.5) is 4.39 Å². The molecule has 144 valence electrons. The summed E-state index contributed by atoms with van der Waals surface area (Å²) < 4.78 is 20.7. The number of aromatic nitrogens is 2. The number of rotatable bonds is 3. The highest BCUT2D eigenvalue weighted by Gasteiger charge is 2.29. The first kappa shape index (κ1) is 18.4. The van der Waals surface area contributed by atoms with E-state index in [1.807, 2.05) is 44.2 Å². The number of halogens is 1. The van der Waals surface area contributed by atoms with Crippen LogP contribution in [0.2, 0.25) is 0 Å². The van der Waals surface area contributed by atoms with Crippen molar-refractivity contribution < 1.29 is 13.9 Å². The van der Waals surface area contributed by atoms with Gasteiger partial charge in [0.05, 0.1) is 23.6 Å². The molecule has 2 aromatic carbocycles. The number of hydrogen-bond acceptors (Lipinski definition) is 3. The van der Waals surface area contributed by atoms with Gasteiger partial charge in [0.2, 0.25) is 0 Å². The van der Waals surface area contributed by atoms with Crippen molar-refractivity contribution in [2.45, 2.75) is 26.1 Å². The lowest BCUT2D eigenvalue weighted by molar-refractivity contribution is -0.0588. The van der Waals surface area contributed by atoms with Crippen LogP contribution in [0.5, 0.6) is 0 Å². The molecule has 0 saturated carbocycles. The minimum absolute atomic E-state index is 0.0245. The zero-order chi connectivity index (χ0) is 19.7. The van der Waals surface area contributed by atoms with Crippen molar-refractivity contribution in [1.82, 2.24) is 14.7 Å². The molecule has 1 amide bonds. The monoisotopic (exact) mass is 379 g/mol. The van der Waals surface area contributed by atoms with E-state index in [9.17, 15) is 9.18 Å². The van der Waals surface area contributed by atoms with Crippen LogP contribution >= 0.6 is 0 Å². The summed E-state index contributed by atoms with van der Waals surface area (Å²) >= 11 is 0. The van der Waals surface area contributed by atoms with Gasteiger partial charge in [0.25, 0.3) is 5.91 Å². The van der Waals surface area contributed by atoms with Crippen LogP contribution in [-0.2, 0) is 4.74 Å². The molecular formula is C22H22FN3O2. The number of morpholine rings is 1. The number of nitrogens with zero attached hydrogens (tertiary/aromatic N) is 3. The van der Waals surface area contributed by atoms with Gasteiger partial charge < -0.3 is 9.64 Å². The predicted octanol–water partition coefficient (Wildman–Crippen LogP) is 3.93. The molecule has 0 unspecified atom stereocenters. The first-order chi connectivity index (χ1) is 13.5. The molecule has 6 heteroatoms. The van der Waals surface area contributed by atoms with Gasteiger partial charge in [-0.2, -0.15) is 5.10 Å². The topological polar surface area (TPSA) is 47.4 Å². The normalized spacial score (nSPS) is 19.6. The zero-order valence-electron chi connectivity index (χ0n) is 15.9. The number of hydrogen-bond donors (Lipinski definition) is 0. The summed E-state index contributed by atoms with van der Waals surface area (Å²) in [6.07, 6.45) is -0.0491. The van der Waals surface area contributed by atoms with Gasteiger partial charge in [-0.1, -0.05) is 30.3 Å². The van der Waals surface area contributed by atoms with Crippen molar-refractivity contribution >= 4 is 5.91 Å². The molecule has 1 saturated heterocycles. The van der Waals surface area contributed by atoms with Gasteiger partial charge in [-0.05, 0) is 44.2 Å². The molecule has 0 bridgehead atoms. The maximum absolute atomic E-state index is 13.4. The van der Waals surface area contributed by atoms with Crippen molar-refractivity contribution in [2.24, 2.45) is 0 Å². The van der Waals surface area contributed by atoms with Crippen LogP contribution in [0.25, 0.3) is 16.9 Å². The van der Waals surface area contributed by atoms with Crippen molar-refractivity contribution in [2.75, 3.05) is 13.1 Å². The van der Waals surface area contributed by atoms with Crippen molar-refractivity contribution in [3.05, 3.63) is 72.2 Å². The molecule has 0 N–H and O–H groups in total. The van der Waals surface area contributed by atoms with Gasteiger partial charge in [-0.15, -0.1) is 0 Å². The number of carbonyl (C=O) groups excluding carboxylic acids is 1. The molecule has 0 spiro atoms. The zero-order valence-corrected chi connectivity index (χ0v) is 15.9. The minimum Gasteiger partial charge on any atom is -0.372 e. The molecule has 28 heavy (non-hydrogen) atoms. The summed E-state index contributed by atoms with van der Waals surface area (Å²) in [6, 6.07) is 17.5. The quantitative estimate of drug-likeness (QED) is 0.693. The summed E-state index contributed by atoms with van der Waals surface area (Å²) in [5.41, 5.74) is 2.71. The lowest BCUT2D eigenvalue weighted by atomic mass is 10.1. The first-order valence-corrected chi connectivity index (χ1v) is 9.37. The molecule has 1 aliphatic heterocycles. The Balaban J connectivity index is 1.77. The fraction of sp³-hybridized carbons (Fsp3) is 0.273. The number of ether oxygens (including phenoxy) is 1. The summed E-state index contributed by atoms with van der Waals surface area (Å²) in [5, 5.41) is 4.65. The second-order valence-corrected chi connectivity index (χ2v) is 7.14. The highest BCUT2D eigenvalue weighted by atomic mass is 19.1. The molecule has 2 heterocycles. The highest BCUT2D eigenvalue weighted by Crippen LogP contribution is 2.24. The van der Waals surface area contributed by atoms with E-state index in [-0.39, 0.29) is 23.9 Å². The van der Waals surface area contributed by atoms with E-state index < -0.39 is 0 Å². The van der Waals surface area contributed by atoms with Crippen LogP contribution in [-0.4, -0.2) is 45.9 Å². The van der Waals surface area contributed by atoms with Crippen LogP contribution in [0.3, 0.4) is 0 Å². The van der Waals surface area contributed by atoms with Crippen LogP contribution in [0, 0.1) is 5.82 Å². The summed E-state index contributed by atoms with van der Waals surface area (Å²) in [7, 11) is 0. The third-order valence-corrected chi connectivity index (χ3v) is 4.78. The molecular weight excluding hydrogens is 357 g/mol. The predicted molar refractivity (Wildman–Crippen MR) is 105 cm³/mol. The number of benzene rings is 2. The Labute approximate surface area is 163 Å². The van der Waals surface area contributed by atoms with Crippen molar-refractivity contribution in [3.63, 3.8) is 0 Å². The lowest BCUT2D eigenvalue weighted by Gasteiger charge is -2.35. The summed E-state index contributed by atoms with van der Waals surface area (Å²) in [4.78, 5) is 15.1. The molecule has 2 atom stereocenters. The SMILES string of the molecule is C[C@@H]1CN(C(=O)c2cc(-c3ccccc3)nn2-c2ccc(F)cc2)C[C@@H](C)O1. The Morgan fingerprint density at radius 3 is 2.32 bits per heavy atom. The Morgan fingerprint density at radius 1 is 1.04 bits per heavy atom. The Hall–Kier alpha value is -2.99. The first-order valence-electron chi connectivity index (χ1n) is 9.37. The van der Waals surface area contributed by atoms with Crippen molar-refractivity contribution in [3.8, 4) is 16.9 Å². The third kappa shape index (κ3) is 3.68. The van der Waals surface area contributed by atoms with Gasteiger partial charge >= 0.3 is 0 Å². The molecule has 5 nitrogen and oxygen atoms in total. The van der Waals surface area contributed by atoms with E-state index >= 15 is 0 Å². The van der Waals surface area contributed by atoms with E-state index in [1.54, 1.807) is 27.8 Å². The summed E-state index contributed by atoms with van der Waals surface area (Å²) in [5.74, 6) is -0.441. The van der Waals surface area contributed by atoms with Crippen LogP contribution < -0.4 is 0 Å². The third-order valence-electron chi connectivity index (χ3n) is 4.78. The Morgan fingerprint density at radius 2 is 1.68 bits per heavy atom. The number of amides is 1. The molecule has 4 rings (SSSR count). The van der Waals surface area contributed by atoms with E-state index in [0.29, 0.717) is 30.2 Å². The van der Waals surface area contributed by atoms with Gasteiger partial charge in [0, 0.05) is 18.7 Å². The van der Waals surface area contributed by atoms with Gasteiger partial charge in [0.1, 0.15) is 11.5 Å². The second-order valence-electron chi connectivity index (χ2n) is 7.14. The second kappa shape index (κ2) is 7.56. The minimum atomic E-state index is -0.331. The molecule has 1 fully saturated rings. The molecule has 3 aromatic rings. The highest BCUT2D eigenvalue weighted by molar-refractivity contribution is 5.94. The van der Waals surface area contributed by atoms with Crippen LogP contribution in [0.15, 0.2) is 60.7 Å². The molecule has 1 aromatic heterocycles. The fourth-order valence-corrected chi connectivity index (χ4v) is 3.57. The maximum Gasteiger partial charge on any atom is 0.272 e. The van der Waals surface area contributed by atoms with E-state index in [4.69, 9.17) is 4.74 Å². The van der Waals surface area contributed by atoms with E-state index in [2.05, 4.69) is 5.10 Å². The fourth-order valence-electron chi connectivity index (χ4n) is 3.57. The summed E-state index contributed by atoms with van der Waals surface area (Å²) in [6.45, 7) is 4.97. The molecule has 0 aliphatic carbocycles. The van der Waals surface area contributed by atoms with Gasteiger partial charge in [-0.25, -0.2) is 9.07 Å². The smallest absolute Gasteiger partial charge is 0.272 e. The average Bonchev–Trinajstić information content (AvgIpc) is 3.13. The molecule has 1 aliphatic rings. The molecule has 0 radical (unpaired) electrons. The number of carbonyl (C=O) groups is 1.